The largest absolute Gasteiger partial charge is 0.480 e. The Labute approximate surface area is 225 Å². The summed E-state index contributed by atoms with van der Waals surface area (Å²) in [5.74, 6) is -0.398. The number of halogens is 3. The molecule has 1 N–H and O–H groups in total. The van der Waals surface area contributed by atoms with Gasteiger partial charge in [-0.3, -0.25) is 4.79 Å². The number of carbonyl (C=O) groups is 1. The molecule has 5 rings (SSSR count). The number of benzene rings is 3. The molecule has 5 aromatic rings. The van der Waals surface area contributed by atoms with Crippen LogP contribution in [0.5, 0.6) is 5.75 Å². The molecule has 0 saturated heterocycles. The molecule has 0 atom stereocenters. The molecule has 0 aliphatic carbocycles. The van der Waals surface area contributed by atoms with Crippen molar-refractivity contribution in [2.75, 3.05) is 6.61 Å². The van der Waals surface area contributed by atoms with Gasteiger partial charge < -0.3 is 14.3 Å². The lowest BCUT2D eigenvalue weighted by atomic mass is 10.2. The van der Waals surface area contributed by atoms with Crippen LogP contribution in [0.2, 0.25) is 5.02 Å². The first kappa shape index (κ1) is 24.2. The number of aromatic nitrogens is 2. The highest BCUT2D eigenvalue weighted by Crippen LogP contribution is 2.33. The second-order valence-corrected chi connectivity index (χ2v) is 9.80. The van der Waals surface area contributed by atoms with Gasteiger partial charge in [-0.2, -0.15) is 9.78 Å². The lowest BCUT2D eigenvalue weighted by Crippen LogP contribution is -2.20. The molecule has 36 heavy (non-hydrogen) atoms. The zero-order chi connectivity index (χ0) is 25.4. The SMILES string of the molecule is O=C(O)COc1c(Br)cc(Cl)cc1C=Nn1c(-c2cc3cc(Br)ccc3o2)nc2ccccc2c1=O. The van der Waals surface area contributed by atoms with Crippen molar-refractivity contribution in [3.05, 3.63) is 90.5 Å². The van der Waals surface area contributed by atoms with Crippen LogP contribution in [0.25, 0.3) is 33.5 Å². The molecule has 3 aromatic carbocycles. The van der Waals surface area contributed by atoms with E-state index >= 15 is 0 Å². The number of hydrogen-bond acceptors (Lipinski definition) is 6. The number of ether oxygens (including phenoxy) is 1. The number of carboxylic acids is 1. The molecule has 0 spiro atoms. The Morgan fingerprint density at radius 1 is 1.17 bits per heavy atom. The summed E-state index contributed by atoms with van der Waals surface area (Å²) < 4.78 is 13.9. The van der Waals surface area contributed by atoms with Crippen molar-refractivity contribution in [3.63, 3.8) is 0 Å². The van der Waals surface area contributed by atoms with E-state index in [2.05, 4.69) is 41.9 Å². The lowest BCUT2D eigenvalue weighted by molar-refractivity contribution is -0.139. The average Bonchev–Trinajstić information content (AvgIpc) is 3.25. The molecule has 0 amide bonds. The van der Waals surface area contributed by atoms with E-state index in [4.69, 9.17) is 25.9 Å². The van der Waals surface area contributed by atoms with Gasteiger partial charge in [0.05, 0.1) is 21.6 Å². The van der Waals surface area contributed by atoms with E-state index in [9.17, 15) is 9.59 Å². The van der Waals surface area contributed by atoms with Crippen molar-refractivity contribution < 1.29 is 19.1 Å². The molecule has 2 aromatic heterocycles. The second kappa shape index (κ2) is 9.88. The van der Waals surface area contributed by atoms with Gasteiger partial charge in [0.1, 0.15) is 11.3 Å². The molecule has 0 aliphatic rings. The van der Waals surface area contributed by atoms with Crippen molar-refractivity contribution in [1.29, 1.82) is 0 Å². The summed E-state index contributed by atoms with van der Waals surface area (Å²) in [6, 6.07) is 17.4. The number of nitrogens with zero attached hydrogens (tertiary/aromatic N) is 3. The smallest absolute Gasteiger partial charge is 0.341 e. The molecule has 0 saturated carbocycles. The van der Waals surface area contributed by atoms with Crippen LogP contribution in [-0.4, -0.2) is 33.6 Å². The fourth-order valence-corrected chi connectivity index (χ4v) is 4.92. The highest BCUT2D eigenvalue weighted by molar-refractivity contribution is 9.10. The quantitative estimate of drug-likeness (QED) is 0.220. The number of para-hydroxylation sites is 1. The van der Waals surface area contributed by atoms with Gasteiger partial charge in [0, 0.05) is 20.4 Å². The van der Waals surface area contributed by atoms with E-state index in [-0.39, 0.29) is 11.6 Å². The minimum atomic E-state index is -1.14. The van der Waals surface area contributed by atoms with Crippen LogP contribution in [-0.2, 0) is 4.79 Å². The summed E-state index contributed by atoms with van der Waals surface area (Å²) in [7, 11) is 0. The maximum Gasteiger partial charge on any atom is 0.341 e. The van der Waals surface area contributed by atoms with E-state index in [0.29, 0.717) is 37.3 Å². The third-order valence-electron chi connectivity index (χ3n) is 5.14. The summed E-state index contributed by atoms with van der Waals surface area (Å²) in [5.41, 5.74) is 1.05. The zero-order valence-corrected chi connectivity index (χ0v) is 22.0. The van der Waals surface area contributed by atoms with Crippen molar-refractivity contribution in [1.82, 2.24) is 9.66 Å². The molecule has 0 aliphatic heterocycles. The molecule has 11 heteroatoms. The third kappa shape index (κ3) is 4.79. The number of fused-ring (bicyclic) bond motifs is 2. The van der Waals surface area contributed by atoms with Crippen molar-refractivity contribution in [2.45, 2.75) is 0 Å². The van der Waals surface area contributed by atoms with Crippen LogP contribution < -0.4 is 10.3 Å². The summed E-state index contributed by atoms with van der Waals surface area (Å²) in [5, 5.41) is 15.0. The first-order valence-corrected chi connectivity index (χ1v) is 12.4. The van der Waals surface area contributed by atoms with E-state index in [1.54, 1.807) is 42.5 Å². The van der Waals surface area contributed by atoms with Crippen LogP contribution in [0.4, 0.5) is 0 Å². The first-order chi connectivity index (χ1) is 17.3. The van der Waals surface area contributed by atoms with E-state index in [1.807, 2.05) is 18.2 Å². The van der Waals surface area contributed by atoms with Gasteiger partial charge in [-0.1, -0.05) is 39.7 Å². The van der Waals surface area contributed by atoms with E-state index < -0.39 is 18.1 Å². The van der Waals surface area contributed by atoms with Gasteiger partial charge in [-0.05, 0) is 64.5 Å². The molecule has 2 heterocycles. The molecule has 0 bridgehead atoms. The number of rotatable bonds is 6. The minimum Gasteiger partial charge on any atom is -0.480 e. The Balaban J connectivity index is 1.70. The topological polar surface area (TPSA) is 107 Å². The van der Waals surface area contributed by atoms with Gasteiger partial charge in [0.25, 0.3) is 5.56 Å². The summed E-state index contributed by atoms with van der Waals surface area (Å²) in [4.78, 5) is 29.2. The van der Waals surface area contributed by atoms with Crippen LogP contribution >= 0.6 is 43.5 Å². The van der Waals surface area contributed by atoms with Crippen molar-refractivity contribution in [2.24, 2.45) is 5.10 Å². The number of hydrogen-bond donors (Lipinski definition) is 1. The summed E-state index contributed by atoms with van der Waals surface area (Å²) in [6.07, 6.45) is 1.36. The number of aliphatic carboxylic acids is 1. The third-order valence-corrected chi connectivity index (χ3v) is 6.44. The van der Waals surface area contributed by atoms with Crippen LogP contribution in [0, 0.1) is 0 Å². The summed E-state index contributed by atoms with van der Waals surface area (Å²) >= 11 is 13.0. The van der Waals surface area contributed by atoms with Gasteiger partial charge >= 0.3 is 5.97 Å². The van der Waals surface area contributed by atoms with E-state index in [0.717, 1.165) is 14.5 Å². The molecule has 0 unspecified atom stereocenters. The maximum absolute atomic E-state index is 13.5. The van der Waals surface area contributed by atoms with Gasteiger partial charge in [0.15, 0.2) is 12.4 Å². The van der Waals surface area contributed by atoms with Gasteiger partial charge in [0.2, 0.25) is 5.82 Å². The monoisotopic (exact) mass is 629 g/mol. The Bertz CT molecular complexity index is 1750. The lowest BCUT2D eigenvalue weighted by Gasteiger charge is -2.11. The molecule has 180 valence electrons. The highest BCUT2D eigenvalue weighted by Gasteiger charge is 2.17. The van der Waals surface area contributed by atoms with Gasteiger partial charge in [-0.15, -0.1) is 0 Å². The minimum absolute atomic E-state index is 0.191. The van der Waals surface area contributed by atoms with Crippen molar-refractivity contribution >= 4 is 77.5 Å². The zero-order valence-electron chi connectivity index (χ0n) is 18.1. The predicted molar refractivity (Wildman–Crippen MR) is 144 cm³/mol. The summed E-state index contributed by atoms with van der Waals surface area (Å²) in [6.45, 7) is -0.571. The van der Waals surface area contributed by atoms with Crippen LogP contribution in [0.15, 0.2) is 83.9 Å². The molecule has 8 nitrogen and oxygen atoms in total. The standard InChI is InChI=1S/C25H14Br2ClN3O5/c26-15-5-6-20-13(7-15)9-21(36-20)24-30-19-4-2-1-3-17(19)25(34)31(24)29-11-14-8-16(28)10-18(27)23(14)35-12-22(32)33/h1-11H,12H2,(H,32,33). The van der Waals surface area contributed by atoms with Crippen molar-refractivity contribution in [3.8, 4) is 17.3 Å². The normalized spacial score (nSPS) is 11.5. The molecule has 0 radical (unpaired) electrons. The molecular weight excluding hydrogens is 618 g/mol. The highest BCUT2D eigenvalue weighted by atomic mass is 79.9. The maximum atomic E-state index is 13.5. The number of furan rings is 1. The Kier molecular flexibility index (Phi) is 6.65. The second-order valence-electron chi connectivity index (χ2n) is 7.60. The number of carboxylic acid groups (broad SMARTS) is 1. The van der Waals surface area contributed by atoms with Crippen LogP contribution in [0.1, 0.15) is 5.56 Å². The molecule has 0 fully saturated rings. The fraction of sp³-hybridized carbons (Fsp3) is 0.0400. The van der Waals surface area contributed by atoms with Gasteiger partial charge in [-0.25, -0.2) is 9.78 Å². The van der Waals surface area contributed by atoms with E-state index in [1.165, 1.54) is 6.21 Å². The first-order valence-electron chi connectivity index (χ1n) is 10.4. The fourth-order valence-electron chi connectivity index (χ4n) is 3.60. The predicted octanol–water partition coefficient (Wildman–Crippen LogP) is 6.33. The van der Waals surface area contributed by atoms with Crippen LogP contribution in [0.3, 0.4) is 0 Å². The Morgan fingerprint density at radius 3 is 2.78 bits per heavy atom. The average molecular weight is 632 g/mol. The molecular formula is C25H14Br2ClN3O5. The Hall–Kier alpha value is -3.47. The Morgan fingerprint density at radius 2 is 1.97 bits per heavy atom.